The summed E-state index contributed by atoms with van der Waals surface area (Å²) in [6.07, 6.45) is 6.00. The molecule has 0 aromatic heterocycles. The van der Waals surface area contributed by atoms with Crippen molar-refractivity contribution in [3.05, 3.63) is 52.0 Å². The average Bonchev–Trinajstić information content (AvgIpc) is 2.80. The van der Waals surface area contributed by atoms with Gasteiger partial charge < -0.3 is 15.0 Å². The van der Waals surface area contributed by atoms with E-state index in [-0.39, 0.29) is 12.0 Å². The van der Waals surface area contributed by atoms with E-state index in [0.29, 0.717) is 0 Å². The van der Waals surface area contributed by atoms with Crippen LogP contribution in [0.1, 0.15) is 42.4 Å². The van der Waals surface area contributed by atoms with Gasteiger partial charge in [0, 0.05) is 36.9 Å². The summed E-state index contributed by atoms with van der Waals surface area (Å²) in [7, 11) is 0. The van der Waals surface area contributed by atoms with Gasteiger partial charge in [0.15, 0.2) is 6.10 Å². The van der Waals surface area contributed by atoms with E-state index in [1.54, 1.807) is 0 Å². The number of ether oxygens (including phenoxy) is 1. The monoisotopic (exact) mass is 453 g/mol. The lowest BCUT2D eigenvalue weighted by atomic mass is 9.90. The van der Waals surface area contributed by atoms with Crippen molar-refractivity contribution in [2.45, 2.75) is 51.6 Å². The third kappa shape index (κ3) is 4.60. The smallest absolute Gasteiger partial charge is 0.265 e. The molecule has 0 bridgehead atoms. The quantitative estimate of drug-likeness (QED) is 0.704. The molecule has 1 saturated heterocycles. The number of carbonyl (C=O) groups is 1. The summed E-state index contributed by atoms with van der Waals surface area (Å²) in [4.78, 5) is 17.5. The number of fused-ring (bicyclic) bond motifs is 2. The summed E-state index contributed by atoms with van der Waals surface area (Å²) in [6.45, 7) is 7.08. The molecular weight excluding hydrogens is 422 g/mol. The average molecular weight is 454 g/mol. The highest BCUT2D eigenvalue weighted by atomic mass is 35.5. The first-order valence-electron chi connectivity index (χ1n) is 11.9. The van der Waals surface area contributed by atoms with Gasteiger partial charge in [0.1, 0.15) is 5.75 Å². The number of hydrogen-bond donors (Lipinski definition) is 1. The van der Waals surface area contributed by atoms with Gasteiger partial charge in [-0.05, 0) is 92.9 Å². The summed E-state index contributed by atoms with van der Waals surface area (Å²) in [5, 5.41) is 3.92. The van der Waals surface area contributed by atoms with Gasteiger partial charge >= 0.3 is 0 Å². The molecule has 5 nitrogen and oxygen atoms in total. The van der Waals surface area contributed by atoms with Gasteiger partial charge in [-0.25, -0.2) is 0 Å². The van der Waals surface area contributed by atoms with Crippen LogP contribution in [0.15, 0.2) is 30.3 Å². The third-order valence-electron chi connectivity index (χ3n) is 7.10. The maximum atomic E-state index is 12.6. The van der Waals surface area contributed by atoms with E-state index in [1.165, 1.54) is 29.7 Å². The van der Waals surface area contributed by atoms with Crippen LogP contribution in [0.5, 0.6) is 5.75 Å². The lowest BCUT2D eigenvalue weighted by Crippen LogP contribution is -2.47. The Morgan fingerprint density at radius 3 is 2.56 bits per heavy atom. The van der Waals surface area contributed by atoms with Crippen molar-refractivity contribution in [3.8, 4) is 5.75 Å². The summed E-state index contributed by atoms with van der Waals surface area (Å²) >= 11 is 6.30. The molecule has 1 fully saturated rings. The largest absolute Gasteiger partial charge is 0.478 e. The minimum absolute atomic E-state index is 0.00525. The van der Waals surface area contributed by atoms with Gasteiger partial charge in [-0.2, -0.15) is 0 Å². The molecule has 1 aliphatic carbocycles. The fourth-order valence-corrected chi connectivity index (χ4v) is 5.25. The van der Waals surface area contributed by atoms with Crippen LogP contribution in [-0.4, -0.2) is 49.6 Å². The highest BCUT2D eigenvalue weighted by Gasteiger charge is 2.29. The van der Waals surface area contributed by atoms with Crippen molar-refractivity contribution in [1.29, 1.82) is 0 Å². The first-order chi connectivity index (χ1) is 15.6. The van der Waals surface area contributed by atoms with E-state index in [1.807, 2.05) is 6.92 Å². The predicted octanol–water partition coefficient (Wildman–Crippen LogP) is 4.83. The van der Waals surface area contributed by atoms with E-state index < -0.39 is 0 Å². The Hall–Kier alpha value is -2.24. The zero-order valence-electron chi connectivity index (χ0n) is 18.8. The molecule has 3 aliphatic rings. The maximum Gasteiger partial charge on any atom is 0.265 e. The number of hydrogen-bond acceptors (Lipinski definition) is 4. The van der Waals surface area contributed by atoms with E-state index in [0.717, 1.165) is 80.4 Å². The van der Waals surface area contributed by atoms with Crippen LogP contribution < -0.4 is 15.0 Å². The van der Waals surface area contributed by atoms with Crippen LogP contribution in [0.3, 0.4) is 0 Å². The summed E-state index contributed by atoms with van der Waals surface area (Å²) in [5.74, 6) is 0.843. The number of amides is 1. The molecule has 5 rings (SSSR count). The molecule has 2 aliphatic heterocycles. The summed E-state index contributed by atoms with van der Waals surface area (Å²) in [6, 6.07) is 10.6. The van der Waals surface area contributed by atoms with Crippen LogP contribution in [0, 0.1) is 6.92 Å². The molecule has 0 radical (unpaired) electrons. The Kier molecular flexibility index (Phi) is 6.29. The van der Waals surface area contributed by atoms with Crippen molar-refractivity contribution in [1.82, 2.24) is 4.90 Å². The molecule has 6 heteroatoms. The SMILES string of the molecule is Cc1ccc(N2CCN(CCCC3Oc4cc5c(cc4NC3=O)CCCC5)CC2)cc1Cl. The number of nitrogens with zero attached hydrogens (tertiary/aromatic N) is 2. The molecule has 1 N–H and O–H groups in total. The second kappa shape index (κ2) is 9.32. The van der Waals surface area contributed by atoms with Crippen LogP contribution >= 0.6 is 11.6 Å². The lowest BCUT2D eigenvalue weighted by Gasteiger charge is -2.36. The van der Waals surface area contributed by atoms with Gasteiger partial charge in [-0.15, -0.1) is 0 Å². The molecule has 0 spiro atoms. The van der Waals surface area contributed by atoms with Gasteiger partial charge in [-0.3, -0.25) is 9.69 Å². The Morgan fingerprint density at radius 1 is 1.06 bits per heavy atom. The number of rotatable bonds is 5. The number of anilines is 2. The maximum absolute atomic E-state index is 12.6. The third-order valence-corrected chi connectivity index (χ3v) is 7.50. The zero-order chi connectivity index (χ0) is 22.1. The Bertz CT molecular complexity index is 1000. The van der Waals surface area contributed by atoms with Crippen molar-refractivity contribution >= 4 is 28.9 Å². The van der Waals surface area contributed by atoms with Gasteiger partial charge in [0.2, 0.25) is 0 Å². The molecule has 32 heavy (non-hydrogen) atoms. The highest BCUT2D eigenvalue weighted by molar-refractivity contribution is 6.31. The van der Waals surface area contributed by atoms with Gasteiger partial charge in [-0.1, -0.05) is 17.7 Å². The standard InChI is InChI=1S/C26H32ClN3O2/c1-18-8-9-21(17-22(18)27)30-13-11-29(12-14-30)10-4-7-24-26(31)28-23-15-19-5-2-3-6-20(19)16-25(23)32-24/h8-9,15-17,24H,2-7,10-14H2,1H3,(H,28,31). The van der Waals surface area contributed by atoms with Gasteiger partial charge in [0.05, 0.1) is 5.69 Å². The van der Waals surface area contributed by atoms with Gasteiger partial charge in [0.25, 0.3) is 5.91 Å². The second-order valence-corrected chi connectivity index (χ2v) is 9.73. The van der Waals surface area contributed by atoms with Crippen LogP contribution in [-0.2, 0) is 17.6 Å². The topological polar surface area (TPSA) is 44.8 Å². The Morgan fingerprint density at radius 2 is 1.81 bits per heavy atom. The fourth-order valence-electron chi connectivity index (χ4n) is 5.08. The Balaban J connectivity index is 1.11. The van der Waals surface area contributed by atoms with E-state index in [9.17, 15) is 4.79 Å². The van der Waals surface area contributed by atoms with Crippen LogP contribution in [0.2, 0.25) is 5.02 Å². The number of carbonyl (C=O) groups excluding carboxylic acids is 1. The lowest BCUT2D eigenvalue weighted by molar-refractivity contribution is -0.123. The molecule has 0 saturated carbocycles. The number of nitrogens with one attached hydrogen (secondary N) is 1. The summed E-state index contributed by atoms with van der Waals surface area (Å²) in [5.41, 5.74) is 5.92. The number of halogens is 1. The molecule has 2 aromatic carbocycles. The molecule has 2 heterocycles. The molecule has 1 amide bonds. The van der Waals surface area contributed by atoms with Crippen LogP contribution in [0.4, 0.5) is 11.4 Å². The van der Waals surface area contributed by atoms with Crippen molar-refractivity contribution in [3.63, 3.8) is 0 Å². The molecule has 1 atom stereocenters. The van der Waals surface area contributed by atoms with Crippen LogP contribution in [0.25, 0.3) is 0 Å². The van der Waals surface area contributed by atoms with Crippen molar-refractivity contribution < 1.29 is 9.53 Å². The first kappa shape index (κ1) is 21.6. The second-order valence-electron chi connectivity index (χ2n) is 9.32. The van der Waals surface area contributed by atoms with E-state index in [4.69, 9.17) is 16.3 Å². The van der Waals surface area contributed by atoms with Crippen molar-refractivity contribution in [2.75, 3.05) is 42.9 Å². The molecule has 2 aromatic rings. The zero-order valence-corrected chi connectivity index (χ0v) is 19.6. The molecule has 170 valence electrons. The minimum atomic E-state index is -0.389. The Labute approximate surface area is 195 Å². The van der Waals surface area contributed by atoms with Crippen molar-refractivity contribution in [2.24, 2.45) is 0 Å². The van der Waals surface area contributed by atoms with E-state index >= 15 is 0 Å². The molecular formula is C26H32ClN3O2. The number of piperazine rings is 1. The predicted molar refractivity (Wildman–Crippen MR) is 130 cm³/mol. The summed E-state index contributed by atoms with van der Waals surface area (Å²) < 4.78 is 6.14. The number of aryl methyl sites for hydroxylation is 3. The first-order valence-corrected chi connectivity index (χ1v) is 12.3. The highest BCUT2D eigenvalue weighted by Crippen LogP contribution is 2.36. The fraction of sp³-hybridized carbons (Fsp3) is 0.500. The molecule has 1 unspecified atom stereocenters. The van der Waals surface area contributed by atoms with E-state index in [2.05, 4.69) is 45.4 Å². The normalized spacial score (nSPS) is 20.9. The minimum Gasteiger partial charge on any atom is -0.478 e. The number of benzene rings is 2.